The van der Waals surface area contributed by atoms with Gasteiger partial charge >= 0.3 is 17.8 Å². The minimum atomic E-state index is -0.683. The van der Waals surface area contributed by atoms with E-state index in [9.17, 15) is 14.4 Å². The number of carbonyl (C=O) groups is 3. The Morgan fingerprint density at radius 1 is 1.22 bits per heavy atom. The highest BCUT2D eigenvalue weighted by molar-refractivity contribution is 7.10. The molecule has 1 unspecified atom stereocenters. The van der Waals surface area contributed by atoms with Gasteiger partial charge in [0.15, 0.2) is 6.67 Å². The molecule has 1 saturated heterocycles. The van der Waals surface area contributed by atoms with E-state index in [2.05, 4.69) is 18.4 Å². The summed E-state index contributed by atoms with van der Waals surface area (Å²) in [4.78, 5) is 41.3. The average Bonchev–Trinajstić information content (AvgIpc) is 3.10. The van der Waals surface area contributed by atoms with Crippen molar-refractivity contribution >= 4 is 29.2 Å². The predicted octanol–water partition coefficient (Wildman–Crippen LogP) is 0.798. The first kappa shape index (κ1) is 16.1. The Morgan fingerprint density at radius 2 is 1.96 bits per heavy atom. The molecule has 2 atom stereocenters. The maximum Gasteiger partial charge on any atom is 0.338 e. The summed E-state index contributed by atoms with van der Waals surface area (Å²) >= 11 is 1.77. The molecule has 0 radical (unpaired) electrons. The van der Waals surface area contributed by atoms with Crippen LogP contribution in [0.4, 0.5) is 4.79 Å². The number of hydrogen-bond acceptors (Lipinski definition) is 4. The molecule has 0 saturated carbocycles. The maximum absolute atomic E-state index is 12.4. The van der Waals surface area contributed by atoms with Gasteiger partial charge in [-0.25, -0.2) is 9.69 Å². The lowest BCUT2D eigenvalue weighted by molar-refractivity contribution is -0.940. The Kier molecular flexibility index (Phi) is 4.50. The van der Waals surface area contributed by atoms with Gasteiger partial charge in [-0.2, -0.15) is 0 Å². The second-order valence-electron chi connectivity index (χ2n) is 6.05. The second kappa shape index (κ2) is 6.41. The van der Waals surface area contributed by atoms with Crippen molar-refractivity contribution in [3.05, 3.63) is 21.9 Å². The van der Waals surface area contributed by atoms with E-state index in [1.807, 2.05) is 6.92 Å². The minimum absolute atomic E-state index is 0.275. The van der Waals surface area contributed by atoms with Crippen LogP contribution in [0.2, 0.25) is 0 Å². The Hall–Kier alpha value is -1.73. The fourth-order valence-electron chi connectivity index (χ4n) is 3.54. The van der Waals surface area contributed by atoms with Gasteiger partial charge in [-0.1, -0.05) is 13.8 Å². The molecule has 1 N–H and O–H groups in total. The number of hydrogen-bond donors (Lipinski definition) is 1. The highest BCUT2D eigenvalue weighted by Gasteiger charge is 2.46. The highest BCUT2D eigenvalue weighted by atomic mass is 32.1. The fraction of sp³-hybridized carbons (Fsp3) is 0.562. The van der Waals surface area contributed by atoms with Crippen molar-refractivity contribution in [2.75, 3.05) is 19.8 Å². The van der Waals surface area contributed by atoms with Crippen LogP contribution in [0.3, 0.4) is 0 Å². The first-order valence-electron chi connectivity index (χ1n) is 8.16. The number of thiophene rings is 1. The van der Waals surface area contributed by atoms with Gasteiger partial charge in [-0.3, -0.25) is 14.5 Å². The number of nitrogens with zero attached hydrogens (tertiary/aromatic N) is 2. The van der Waals surface area contributed by atoms with Crippen molar-refractivity contribution in [1.82, 2.24) is 9.80 Å². The molecule has 1 fully saturated rings. The van der Waals surface area contributed by atoms with Gasteiger partial charge < -0.3 is 4.90 Å². The van der Waals surface area contributed by atoms with Crippen molar-refractivity contribution in [3.8, 4) is 0 Å². The molecule has 0 spiro atoms. The number of fused-ring (bicyclic) bond motifs is 1. The zero-order valence-corrected chi connectivity index (χ0v) is 14.3. The zero-order valence-electron chi connectivity index (χ0n) is 13.5. The van der Waals surface area contributed by atoms with Crippen molar-refractivity contribution < 1.29 is 19.3 Å². The van der Waals surface area contributed by atoms with Gasteiger partial charge in [0, 0.05) is 29.8 Å². The molecule has 2 aliphatic heterocycles. The van der Waals surface area contributed by atoms with Crippen LogP contribution in [0.15, 0.2) is 11.4 Å². The van der Waals surface area contributed by atoms with Crippen LogP contribution < -0.4 is 4.90 Å². The molecule has 6 nitrogen and oxygen atoms in total. The fourth-order valence-corrected chi connectivity index (χ4v) is 4.49. The van der Waals surface area contributed by atoms with Crippen LogP contribution in [0, 0.1) is 0 Å². The van der Waals surface area contributed by atoms with Gasteiger partial charge in [0.25, 0.3) is 0 Å². The molecule has 4 amide bonds. The number of quaternary nitrogens is 1. The van der Waals surface area contributed by atoms with Crippen molar-refractivity contribution in [3.63, 3.8) is 0 Å². The average molecular weight is 336 g/mol. The van der Waals surface area contributed by atoms with Gasteiger partial charge in [0.05, 0.1) is 6.54 Å². The third-order valence-corrected chi connectivity index (χ3v) is 5.67. The van der Waals surface area contributed by atoms with Crippen LogP contribution in [-0.4, -0.2) is 47.4 Å². The van der Waals surface area contributed by atoms with Gasteiger partial charge in [-0.15, -0.1) is 11.3 Å². The highest BCUT2D eigenvalue weighted by Crippen LogP contribution is 2.27. The van der Waals surface area contributed by atoms with E-state index in [4.69, 9.17) is 0 Å². The number of carbonyl (C=O) groups excluding carboxylic acids is 3. The maximum atomic E-state index is 12.4. The lowest BCUT2D eigenvalue weighted by atomic mass is 9.98. The lowest BCUT2D eigenvalue weighted by Gasteiger charge is -2.33. The molecule has 1 aromatic heterocycles. The summed E-state index contributed by atoms with van der Waals surface area (Å²) in [6, 6.07) is 1.97. The summed E-state index contributed by atoms with van der Waals surface area (Å²) in [5, 5.41) is 2.11. The van der Waals surface area contributed by atoms with E-state index in [0.717, 1.165) is 29.2 Å². The Bertz CT molecular complexity index is 642. The van der Waals surface area contributed by atoms with Gasteiger partial charge in [0.1, 0.15) is 6.04 Å². The SMILES string of the molecule is CCCN1C(=O)C(=O)N(C[NH+]2CCc3sccc3[C@@H]2CC)C1=O. The number of imide groups is 2. The van der Waals surface area contributed by atoms with Crippen LogP contribution in [0.1, 0.15) is 43.2 Å². The Labute approximate surface area is 139 Å². The molecule has 0 aliphatic carbocycles. The molecule has 23 heavy (non-hydrogen) atoms. The molecule has 3 rings (SSSR count). The van der Waals surface area contributed by atoms with Crippen molar-refractivity contribution in [1.29, 1.82) is 0 Å². The number of nitrogens with one attached hydrogen (secondary N) is 1. The standard InChI is InChI=1S/C16H21N3O3S/c1-3-7-18-14(20)15(21)19(16(18)22)10-17-8-5-13-11(6-9-23-13)12(17)4-2/h6,9,12H,3-5,7-8,10H2,1-2H3/p+1/t12-/m0/s1. The van der Waals surface area contributed by atoms with Crippen LogP contribution in [0.25, 0.3) is 0 Å². The first-order chi connectivity index (χ1) is 11.1. The summed E-state index contributed by atoms with van der Waals surface area (Å²) in [6.45, 7) is 5.47. The van der Waals surface area contributed by atoms with E-state index in [-0.39, 0.29) is 12.7 Å². The smallest absolute Gasteiger partial charge is 0.311 e. The molecule has 0 bridgehead atoms. The van der Waals surface area contributed by atoms with Crippen molar-refractivity contribution in [2.45, 2.75) is 39.2 Å². The first-order valence-corrected chi connectivity index (χ1v) is 9.04. The molecule has 0 aromatic carbocycles. The molecule has 3 heterocycles. The number of amides is 4. The van der Waals surface area contributed by atoms with E-state index >= 15 is 0 Å². The third-order valence-electron chi connectivity index (χ3n) is 4.67. The quantitative estimate of drug-likeness (QED) is 0.639. The van der Waals surface area contributed by atoms with Crippen molar-refractivity contribution in [2.24, 2.45) is 0 Å². The van der Waals surface area contributed by atoms with E-state index in [1.54, 1.807) is 11.3 Å². The van der Waals surface area contributed by atoms with Gasteiger partial charge in [0.2, 0.25) is 0 Å². The van der Waals surface area contributed by atoms with E-state index in [0.29, 0.717) is 13.0 Å². The monoisotopic (exact) mass is 336 g/mol. The summed E-state index contributed by atoms with van der Waals surface area (Å²) < 4.78 is 0. The zero-order chi connectivity index (χ0) is 16.6. The molecule has 124 valence electrons. The number of rotatable bonds is 5. The number of urea groups is 1. The minimum Gasteiger partial charge on any atom is -0.311 e. The summed E-state index contributed by atoms with van der Waals surface area (Å²) in [7, 11) is 0. The Morgan fingerprint density at radius 3 is 2.65 bits per heavy atom. The normalized spacial score (nSPS) is 24.5. The largest absolute Gasteiger partial charge is 0.338 e. The van der Waals surface area contributed by atoms with Crippen LogP contribution in [-0.2, 0) is 16.0 Å². The molecule has 2 aliphatic rings. The summed E-state index contributed by atoms with van der Waals surface area (Å²) in [6.07, 6.45) is 2.56. The van der Waals surface area contributed by atoms with Gasteiger partial charge in [-0.05, 0) is 17.9 Å². The third kappa shape index (κ3) is 2.68. The topological polar surface area (TPSA) is 62.1 Å². The van der Waals surface area contributed by atoms with Crippen LogP contribution in [0.5, 0.6) is 0 Å². The van der Waals surface area contributed by atoms with E-state index in [1.165, 1.54) is 15.3 Å². The second-order valence-corrected chi connectivity index (χ2v) is 7.05. The molecular formula is C16H22N3O3S+. The van der Waals surface area contributed by atoms with Crippen LogP contribution >= 0.6 is 11.3 Å². The molecule has 7 heteroatoms. The van der Waals surface area contributed by atoms with E-state index < -0.39 is 17.8 Å². The lowest BCUT2D eigenvalue weighted by Crippen LogP contribution is -3.14. The summed E-state index contributed by atoms with van der Waals surface area (Å²) in [5.74, 6) is -1.36. The Balaban J connectivity index is 1.78. The summed E-state index contributed by atoms with van der Waals surface area (Å²) in [5.41, 5.74) is 1.33. The molecular weight excluding hydrogens is 314 g/mol. The predicted molar refractivity (Wildman–Crippen MR) is 86.0 cm³/mol. The molecule has 1 aromatic rings.